The highest BCUT2D eigenvalue weighted by Gasteiger charge is 2.29. The fourth-order valence-corrected chi connectivity index (χ4v) is 5.34. The molecule has 1 heterocycles. The van der Waals surface area contributed by atoms with Crippen LogP contribution in [0.3, 0.4) is 0 Å². The van der Waals surface area contributed by atoms with Gasteiger partial charge in [-0.25, -0.2) is 8.42 Å². The molecule has 1 fully saturated rings. The average molecular weight is 417 g/mol. The van der Waals surface area contributed by atoms with E-state index in [1.807, 2.05) is 32.0 Å². The van der Waals surface area contributed by atoms with Gasteiger partial charge in [0.25, 0.3) is 5.91 Å². The van der Waals surface area contributed by atoms with Gasteiger partial charge in [0.2, 0.25) is 10.0 Å². The monoisotopic (exact) mass is 416 g/mol. The molecule has 0 aliphatic carbocycles. The number of hydrogen-bond acceptors (Lipinski definition) is 4. The van der Waals surface area contributed by atoms with Crippen LogP contribution in [0, 0.1) is 13.8 Å². The number of amides is 1. The second-order valence-corrected chi connectivity index (χ2v) is 9.31. The Morgan fingerprint density at radius 1 is 1.00 bits per heavy atom. The third kappa shape index (κ3) is 4.62. The van der Waals surface area contributed by atoms with Crippen LogP contribution >= 0.6 is 0 Å². The molecule has 1 aliphatic heterocycles. The highest BCUT2D eigenvalue weighted by atomic mass is 32.2. The number of sulfonamides is 1. The predicted molar refractivity (Wildman–Crippen MR) is 114 cm³/mol. The Morgan fingerprint density at radius 3 is 2.21 bits per heavy atom. The number of rotatable bonds is 5. The zero-order valence-corrected chi connectivity index (χ0v) is 18.0. The molecule has 3 rings (SSSR count). The van der Waals surface area contributed by atoms with Crippen molar-refractivity contribution in [3.05, 3.63) is 53.1 Å². The molecular weight excluding hydrogens is 388 g/mol. The van der Waals surface area contributed by atoms with Crippen molar-refractivity contribution in [3.63, 3.8) is 0 Å². The molecule has 0 aromatic heterocycles. The van der Waals surface area contributed by atoms with E-state index in [4.69, 9.17) is 4.74 Å². The summed E-state index contributed by atoms with van der Waals surface area (Å²) in [6, 6.07) is 10.3. The second-order valence-electron chi connectivity index (χ2n) is 7.40. The molecule has 0 bridgehead atoms. The molecule has 1 aliphatic rings. The summed E-state index contributed by atoms with van der Waals surface area (Å²) in [5.74, 6) is -0.102. The van der Waals surface area contributed by atoms with Gasteiger partial charge < -0.3 is 10.1 Å². The lowest BCUT2D eigenvalue weighted by Gasteiger charge is -2.21. The number of aryl methyl sites for hydroxylation is 2. The van der Waals surface area contributed by atoms with E-state index in [1.54, 1.807) is 12.1 Å². The van der Waals surface area contributed by atoms with Crippen molar-refractivity contribution >= 4 is 21.6 Å². The molecule has 0 unspecified atom stereocenters. The van der Waals surface area contributed by atoms with Gasteiger partial charge in [-0.15, -0.1) is 0 Å². The van der Waals surface area contributed by atoms with E-state index < -0.39 is 10.0 Å². The van der Waals surface area contributed by atoms with Crippen molar-refractivity contribution in [2.75, 3.05) is 25.5 Å². The maximum Gasteiger partial charge on any atom is 0.255 e. The first kappa shape index (κ1) is 21.3. The van der Waals surface area contributed by atoms with Crippen molar-refractivity contribution in [2.45, 2.75) is 44.4 Å². The largest absolute Gasteiger partial charge is 0.495 e. The summed E-state index contributed by atoms with van der Waals surface area (Å²) in [5, 5.41) is 2.91. The minimum atomic E-state index is -3.74. The molecule has 1 amide bonds. The van der Waals surface area contributed by atoms with Gasteiger partial charge in [0.05, 0.1) is 7.11 Å². The first-order chi connectivity index (χ1) is 13.8. The summed E-state index contributed by atoms with van der Waals surface area (Å²) >= 11 is 0. The standard InChI is InChI=1S/C22H28N2O4S/c1-16-9-8-10-17(2)21(16)23-22(25)18-11-12-19(28-3)20(15-18)29(26,27)24-13-6-4-5-7-14-24/h8-12,15H,4-7,13-14H2,1-3H3,(H,23,25). The van der Waals surface area contributed by atoms with Gasteiger partial charge in [0, 0.05) is 24.3 Å². The van der Waals surface area contributed by atoms with E-state index in [2.05, 4.69) is 5.32 Å². The Morgan fingerprint density at radius 2 is 1.62 bits per heavy atom. The Labute approximate surface area is 172 Å². The van der Waals surface area contributed by atoms with E-state index in [9.17, 15) is 13.2 Å². The third-order valence-electron chi connectivity index (χ3n) is 5.33. The van der Waals surface area contributed by atoms with Gasteiger partial charge in [-0.3, -0.25) is 4.79 Å². The summed E-state index contributed by atoms with van der Waals surface area (Å²) in [6.45, 7) is 4.83. The van der Waals surface area contributed by atoms with Gasteiger partial charge in [-0.2, -0.15) is 4.31 Å². The number of para-hydroxylation sites is 1. The molecule has 0 saturated carbocycles. The van der Waals surface area contributed by atoms with Crippen LogP contribution in [0.15, 0.2) is 41.3 Å². The number of nitrogens with one attached hydrogen (secondary N) is 1. The number of methoxy groups -OCH3 is 1. The van der Waals surface area contributed by atoms with Crippen LogP contribution in [0.1, 0.15) is 47.2 Å². The van der Waals surface area contributed by atoms with Crippen LogP contribution in [-0.2, 0) is 10.0 Å². The van der Waals surface area contributed by atoms with Crippen LogP contribution < -0.4 is 10.1 Å². The van der Waals surface area contributed by atoms with E-state index in [0.717, 1.165) is 42.5 Å². The minimum Gasteiger partial charge on any atom is -0.495 e. The normalized spacial score (nSPS) is 15.6. The first-order valence-corrected chi connectivity index (χ1v) is 11.3. The number of carbonyl (C=O) groups excluding carboxylic acids is 1. The minimum absolute atomic E-state index is 0.0380. The molecule has 1 saturated heterocycles. The van der Waals surface area contributed by atoms with Crippen molar-refractivity contribution < 1.29 is 17.9 Å². The zero-order valence-electron chi connectivity index (χ0n) is 17.2. The van der Waals surface area contributed by atoms with Crippen molar-refractivity contribution in [1.29, 1.82) is 0 Å². The Balaban J connectivity index is 1.95. The third-order valence-corrected chi connectivity index (χ3v) is 7.25. The molecule has 29 heavy (non-hydrogen) atoms. The van der Waals surface area contributed by atoms with Crippen molar-refractivity contribution in [2.24, 2.45) is 0 Å². The molecule has 6 nitrogen and oxygen atoms in total. The lowest BCUT2D eigenvalue weighted by Crippen LogP contribution is -2.32. The molecule has 0 atom stereocenters. The number of ether oxygens (including phenoxy) is 1. The summed E-state index contributed by atoms with van der Waals surface area (Å²) in [4.78, 5) is 12.9. The lowest BCUT2D eigenvalue weighted by atomic mass is 10.1. The average Bonchev–Trinajstić information content (AvgIpc) is 3.00. The van der Waals surface area contributed by atoms with Crippen LogP contribution in [-0.4, -0.2) is 38.8 Å². The van der Waals surface area contributed by atoms with E-state index in [-0.39, 0.29) is 22.1 Å². The number of nitrogens with zero attached hydrogens (tertiary/aromatic N) is 1. The molecule has 2 aromatic carbocycles. The highest BCUT2D eigenvalue weighted by Crippen LogP contribution is 2.30. The molecule has 1 N–H and O–H groups in total. The molecule has 0 radical (unpaired) electrons. The van der Waals surface area contributed by atoms with E-state index >= 15 is 0 Å². The van der Waals surface area contributed by atoms with Gasteiger partial charge in [0.15, 0.2) is 0 Å². The summed E-state index contributed by atoms with van der Waals surface area (Å²) < 4.78 is 33.4. The zero-order chi connectivity index (χ0) is 21.0. The molecule has 2 aromatic rings. The Hall–Kier alpha value is -2.38. The molecule has 7 heteroatoms. The van der Waals surface area contributed by atoms with Crippen LogP contribution in [0.5, 0.6) is 5.75 Å². The van der Waals surface area contributed by atoms with Gasteiger partial charge in [-0.05, 0) is 56.0 Å². The van der Waals surface area contributed by atoms with Crippen LogP contribution in [0.2, 0.25) is 0 Å². The van der Waals surface area contributed by atoms with Gasteiger partial charge >= 0.3 is 0 Å². The maximum atomic E-state index is 13.3. The number of hydrogen-bond donors (Lipinski definition) is 1. The summed E-state index contributed by atoms with van der Waals surface area (Å²) in [5.41, 5.74) is 2.92. The van der Waals surface area contributed by atoms with E-state index in [0.29, 0.717) is 13.1 Å². The topological polar surface area (TPSA) is 75.7 Å². The second kappa shape index (κ2) is 8.97. The smallest absolute Gasteiger partial charge is 0.255 e. The van der Waals surface area contributed by atoms with Crippen LogP contribution in [0.4, 0.5) is 5.69 Å². The SMILES string of the molecule is COc1ccc(C(=O)Nc2c(C)cccc2C)cc1S(=O)(=O)N1CCCCCC1. The van der Waals surface area contributed by atoms with Crippen molar-refractivity contribution in [1.82, 2.24) is 4.31 Å². The van der Waals surface area contributed by atoms with Crippen LogP contribution in [0.25, 0.3) is 0 Å². The summed E-state index contributed by atoms with van der Waals surface area (Å²) in [6.07, 6.45) is 3.74. The number of benzene rings is 2. The Kier molecular flexibility index (Phi) is 6.59. The summed E-state index contributed by atoms with van der Waals surface area (Å²) in [7, 11) is -2.31. The first-order valence-electron chi connectivity index (χ1n) is 9.90. The molecule has 156 valence electrons. The quantitative estimate of drug-likeness (QED) is 0.795. The maximum absolute atomic E-state index is 13.3. The lowest BCUT2D eigenvalue weighted by molar-refractivity contribution is 0.102. The number of carbonyl (C=O) groups is 1. The molecular formula is C22H28N2O4S. The van der Waals surface area contributed by atoms with Crippen molar-refractivity contribution in [3.8, 4) is 5.75 Å². The Bertz CT molecular complexity index is 974. The van der Waals surface area contributed by atoms with Gasteiger partial charge in [0.1, 0.15) is 10.6 Å². The number of anilines is 1. The highest BCUT2D eigenvalue weighted by molar-refractivity contribution is 7.89. The van der Waals surface area contributed by atoms with Gasteiger partial charge in [-0.1, -0.05) is 31.0 Å². The predicted octanol–water partition coefficient (Wildman–Crippen LogP) is 4.13. The fraction of sp³-hybridized carbons (Fsp3) is 0.409. The van der Waals surface area contributed by atoms with E-state index in [1.165, 1.54) is 17.5 Å². The fourth-order valence-electron chi connectivity index (χ4n) is 3.64. The molecule has 0 spiro atoms.